The molecular formula is C11H20N2O3. The largest absolute Gasteiger partial charge is 0.480 e. The Bertz CT molecular complexity index is 289. The molecule has 0 fully saturated rings. The van der Waals surface area contributed by atoms with Crippen LogP contribution in [-0.2, 0) is 4.79 Å². The molecule has 1 unspecified atom stereocenters. The van der Waals surface area contributed by atoms with Gasteiger partial charge < -0.3 is 15.7 Å². The molecule has 16 heavy (non-hydrogen) atoms. The third-order valence-electron chi connectivity index (χ3n) is 2.41. The molecule has 0 aromatic heterocycles. The van der Waals surface area contributed by atoms with E-state index in [0.717, 1.165) is 5.57 Å². The van der Waals surface area contributed by atoms with Gasteiger partial charge in [0, 0.05) is 6.54 Å². The number of nitrogens with one attached hydrogen (secondary N) is 2. The quantitative estimate of drug-likeness (QED) is 0.603. The molecule has 0 spiro atoms. The Balaban J connectivity index is 4.12. The molecule has 0 aliphatic rings. The summed E-state index contributed by atoms with van der Waals surface area (Å²) >= 11 is 0. The van der Waals surface area contributed by atoms with Crippen LogP contribution in [0.15, 0.2) is 12.2 Å². The van der Waals surface area contributed by atoms with Gasteiger partial charge in [0.15, 0.2) is 0 Å². The molecule has 0 aromatic rings. The minimum atomic E-state index is -1.21. The molecular weight excluding hydrogens is 208 g/mol. The molecule has 0 aromatic carbocycles. The highest BCUT2D eigenvalue weighted by Crippen LogP contribution is 2.08. The van der Waals surface area contributed by atoms with Gasteiger partial charge >= 0.3 is 12.0 Å². The predicted molar refractivity (Wildman–Crippen MR) is 62.3 cm³/mol. The molecule has 0 radical (unpaired) electrons. The first-order valence-electron chi connectivity index (χ1n) is 5.25. The Morgan fingerprint density at radius 3 is 2.38 bits per heavy atom. The number of amides is 2. The number of carboxylic acid groups (broad SMARTS) is 1. The van der Waals surface area contributed by atoms with Crippen molar-refractivity contribution >= 4 is 12.0 Å². The summed E-state index contributed by atoms with van der Waals surface area (Å²) in [7, 11) is 0. The summed E-state index contributed by atoms with van der Waals surface area (Å²) in [6.45, 7) is 9.22. The normalized spacial score (nSPS) is 13.7. The summed E-state index contributed by atoms with van der Waals surface area (Å²) in [5.74, 6) is -1.04. The molecule has 0 saturated carbocycles. The second-order valence-corrected chi connectivity index (χ2v) is 4.08. The number of carbonyl (C=O) groups excluding carboxylic acids is 1. The smallest absolute Gasteiger partial charge is 0.329 e. The van der Waals surface area contributed by atoms with Gasteiger partial charge in [0.25, 0.3) is 0 Å². The zero-order valence-electron chi connectivity index (χ0n) is 10.1. The highest BCUT2D eigenvalue weighted by molar-refractivity contribution is 5.85. The first-order chi connectivity index (χ1) is 7.31. The molecule has 92 valence electrons. The van der Waals surface area contributed by atoms with Gasteiger partial charge in [-0.1, -0.05) is 12.5 Å². The molecule has 5 nitrogen and oxygen atoms in total. The summed E-state index contributed by atoms with van der Waals surface area (Å²) in [5.41, 5.74) is -0.246. The van der Waals surface area contributed by atoms with Crippen LogP contribution in [0.2, 0.25) is 0 Å². The van der Waals surface area contributed by atoms with Crippen LogP contribution in [-0.4, -0.2) is 29.2 Å². The Morgan fingerprint density at radius 2 is 2.00 bits per heavy atom. The number of rotatable bonds is 6. The monoisotopic (exact) mass is 228 g/mol. The fourth-order valence-corrected chi connectivity index (χ4v) is 0.977. The van der Waals surface area contributed by atoms with Gasteiger partial charge in [-0.2, -0.15) is 0 Å². The van der Waals surface area contributed by atoms with Gasteiger partial charge in [-0.25, -0.2) is 9.59 Å². The van der Waals surface area contributed by atoms with E-state index in [1.807, 2.05) is 6.92 Å². The number of hydrogen-bond donors (Lipinski definition) is 3. The topological polar surface area (TPSA) is 78.4 Å². The van der Waals surface area contributed by atoms with Crippen molar-refractivity contribution in [3.63, 3.8) is 0 Å². The van der Waals surface area contributed by atoms with Crippen LogP contribution < -0.4 is 10.6 Å². The van der Waals surface area contributed by atoms with Crippen molar-refractivity contribution in [3.05, 3.63) is 12.2 Å². The minimum Gasteiger partial charge on any atom is -0.480 e. The van der Waals surface area contributed by atoms with Gasteiger partial charge in [-0.05, 0) is 26.7 Å². The average molecular weight is 228 g/mol. The van der Waals surface area contributed by atoms with Gasteiger partial charge in [0.2, 0.25) is 0 Å². The van der Waals surface area contributed by atoms with E-state index in [-0.39, 0.29) is 0 Å². The Morgan fingerprint density at radius 1 is 1.44 bits per heavy atom. The lowest BCUT2D eigenvalue weighted by Crippen LogP contribution is -2.54. The SMILES string of the molecule is C=C(C)CCNC(=O)NC(C)(CC)C(=O)O. The van der Waals surface area contributed by atoms with E-state index in [9.17, 15) is 9.59 Å². The highest BCUT2D eigenvalue weighted by Gasteiger charge is 2.32. The van der Waals surface area contributed by atoms with Crippen molar-refractivity contribution in [1.29, 1.82) is 0 Å². The van der Waals surface area contributed by atoms with E-state index >= 15 is 0 Å². The van der Waals surface area contributed by atoms with E-state index in [4.69, 9.17) is 5.11 Å². The second kappa shape index (κ2) is 6.15. The molecule has 0 aliphatic carbocycles. The molecule has 2 amide bonds. The summed E-state index contributed by atoms with van der Waals surface area (Å²) in [6, 6.07) is -0.465. The second-order valence-electron chi connectivity index (χ2n) is 4.08. The van der Waals surface area contributed by atoms with Crippen molar-refractivity contribution in [2.24, 2.45) is 0 Å². The Hall–Kier alpha value is -1.52. The van der Waals surface area contributed by atoms with Crippen molar-refractivity contribution in [1.82, 2.24) is 10.6 Å². The maximum absolute atomic E-state index is 11.4. The Kier molecular flexibility index (Phi) is 5.56. The molecule has 0 aliphatic heterocycles. The van der Waals surface area contributed by atoms with Crippen LogP contribution in [0.5, 0.6) is 0 Å². The number of urea groups is 1. The van der Waals surface area contributed by atoms with Crippen LogP contribution >= 0.6 is 0 Å². The molecule has 5 heteroatoms. The lowest BCUT2D eigenvalue weighted by Gasteiger charge is -2.24. The number of hydrogen-bond acceptors (Lipinski definition) is 2. The fraction of sp³-hybridized carbons (Fsp3) is 0.636. The summed E-state index contributed by atoms with van der Waals surface area (Å²) in [4.78, 5) is 22.3. The third kappa shape index (κ3) is 4.82. The predicted octanol–water partition coefficient (Wildman–Crippen LogP) is 1.51. The van der Waals surface area contributed by atoms with Gasteiger partial charge in [0.05, 0.1) is 0 Å². The first kappa shape index (κ1) is 14.5. The third-order valence-corrected chi connectivity index (χ3v) is 2.41. The van der Waals surface area contributed by atoms with Crippen LogP contribution in [0.3, 0.4) is 0 Å². The number of carbonyl (C=O) groups is 2. The molecule has 3 N–H and O–H groups in total. The lowest BCUT2D eigenvalue weighted by atomic mass is 10.00. The first-order valence-corrected chi connectivity index (χ1v) is 5.25. The zero-order chi connectivity index (χ0) is 12.8. The minimum absolute atomic E-state index is 0.330. The van der Waals surface area contributed by atoms with Crippen LogP contribution in [0.4, 0.5) is 4.79 Å². The fourth-order valence-electron chi connectivity index (χ4n) is 0.977. The lowest BCUT2D eigenvalue weighted by molar-refractivity contribution is -0.143. The summed E-state index contributed by atoms with van der Waals surface area (Å²) in [6.07, 6.45) is 1.01. The highest BCUT2D eigenvalue weighted by atomic mass is 16.4. The van der Waals surface area contributed by atoms with Crippen molar-refractivity contribution in [2.45, 2.75) is 39.2 Å². The van der Waals surface area contributed by atoms with E-state index in [2.05, 4.69) is 17.2 Å². The average Bonchev–Trinajstić information content (AvgIpc) is 2.16. The van der Waals surface area contributed by atoms with Gasteiger partial charge in [-0.15, -0.1) is 6.58 Å². The Labute approximate surface area is 95.9 Å². The van der Waals surface area contributed by atoms with E-state index < -0.39 is 17.5 Å². The van der Waals surface area contributed by atoms with Crippen molar-refractivity contribution < 1.29 is 14.7 Å². The zero-order valence-corrected chi connectivity index (χ0v) is 10.1. The number of aliphatic carboxylic acids is 1. The number of carboxylic acids is 1. The molecule has 0 heterocycles. The molecule has 0 bridgehead atoms. The van der Waals surface area contributed by atoms with Gasteiger partial charge in [-0.3, -0.25) is 0 Å². The van der Waals surface area contributed by atoms with Crippen LogP contribution in [0.1, 0.15) is 33.6 Å². The maximum Gasteiger partial charge on any atom is 0.329 e. The molecule has 0 saturated heterocycles. The van der Waals surface area contributed by atoms with Crippen molar-refractivity contribution in [3.8, 4) is 0 Å². The van der Waals surface area contributed by atoms with Crippen molar-refractivity contribution in [2.75, 3.05) is 6.54 Å². The summed E-state index contributed by atoms with van der Waals surface area (Å²) < 4.78 is 0. The maximum atomic E-state index is 11.4. The van der Waals surface area contributed by atoms with E-state index in [1.165, 1.54) is 6.92 Å². The standard InChI is InChI=1S/C11H20N2O3/c1-5-11(4,9(14)15)13-10(16)12-7-6-8(2)3/h2,5-7H2,1,3-4H3,(H,14,15)(H2,12,13,16). The van der Waals surface area contributed by atoms with E-state index in [1.54, 1.807) is 6.92 Å². The van der Waals surface area contributed by atoms with Crippen LogP contribution in [0.25, 0.3) is 0 Å². The summed E-state index contributed by atoms with van der Waals surface area (Å²) in [5, 5.41) is 14.0. The van der Waals surface area contributed by atoms with Crippen LogP contribution in [0, 0.1) is 0 Å². The van der Waals surface area contributed by atoms with E-state index in [0.29, 0.717) is 19.4 Å². The van der Waals surface area contributed by atoms with Gasteiger partial charge in [0.1, 0.15) is 5.54 Å². The molecule has 0 rings (SSSR count). The molecule has 1 atom stereocenters.